The van der Waals surface area contributed by atoms with Crippen LogP contribution in [0.2, 0.25) is 0 Å². The van der Waals surface area contributed by atoms with Crippen LogP contribution in [-0.4, -0.2) is 37.7 Å². The summed E-state index contributed by atoms with van der Waals surface area (Å²) in [7, 11) is 1.66. The Kier molecular flexibility index (Phi) is 7.73. The lowest BCUT2D eigenvalue weighted by Gasteiger charge is -2.19. The van der Waals surface area contributed by atoms with E-state index in [1.165, 1.54) is 0 Å². The molecule has 0 aliphatic heterocycles. The van der Waals surface area contributed by atoms with E-state index in [9.17, 15) is 4.79 Å². The number of esters is 1. The fourth-order valence-corrected chi connectivity index (χ4v) is 2.55. The molecular formula is C21H25NO3. The number of hydrogen-bond acceptors (Lipinski definition) is 4. The van der Waals surface area contributed by atoms with E-state index in [2.05, 4.69) is 17.0 Å². The largest absolute Gasteiger partial charge is 0.496 e. The third-order valence-electron chi connectivity index (χ3n) is 3.71. The van der Waals surface area contributed by atoms with Crippen LogP contribution in [-0.2, 0) is 16.1 Å². The number of carbonyl (C=O) groups is 1. The number of hydrogen-bond donors (Lipinski definition) is 0. The van der Waals surface area contributed by atoms with Gasteiger partial charge in [-0.25, -0.2) is 0 Å². The fourth-order valence-electron chi connectivity index (χ4n) is 2.55. The quantitative estimate of drug-likeness (QED) is 0.652. The van der Waals surface area contributed by atoms with E-state index in [1.54, 1.807) is 7.11 Å². The van der Waals surface area contributed by atoms with Crippen LogP contribution in [0.3, 0.4) is 0 Å². The summed E-state index contributed by atoms with van der Waals surface area (Å²) in [5, 5.41) is 0. The SMILES string of the molecule is CCOC(=O)CN(C/C=C/c1ccccc1OC)Cc1ccccc1. The molecule has 0 unspecified atom stereocenters. The molecule has 0 N–H and O–H groups in total. The average Bonchev–Trinajstić information content (AvgIpc) is 2.63. The highest BCUT2D eigenvalue weighted by molar-refractivity contribution is 5.71. The second kappa shape index (κ2) is 10.3. The van der Waals surface area contributed by atoms with Crippen molar-refractivity contribution in [1.29, 1.82) is 0 Å². The second-order valence-electron chi connectivity index (χ2n) is 5.60. The van der Waals surface area contributed by atoms with Crippen LogP contribution in [0.1, 0.15) is 18.1 Å². The van der Waals surface area contributed by atoms with Gasteiger partial charge < -0.3 is 9.47 Å². The molecule has 0 atom stereocenters. The lowest BCUT2D eigenvalue weighted by atomic mass is 10.2. The zero-order valence-corrected chi connectivity index (χ0v) is 14.9. The highest BCUT2D eigenvalue weighted by Gasteiger charge is 2.11. The third-order valence-corrected chi connectivity index (χ3v) is 3.71. The molecule has 0 radical (unpaired) electrons. The molecular weight excluding hydrogens is 314 g/mol. The van der Waals surface area contributed by atoms with Crippen molar-refractivity contribution in [2.24, 2.45) is 0 Å². The Morgan fingerprint density at radius 3 is 2.52 bits per heavy atom. The van der Waals surface area contributed by atoms with Crippen LogP contribution >= 0.6 is 0 Å². The number of carbonyl (C=O) groups excluding carboxylic acids is 1. The fraction of sp³-hybridized carbons (Fsp3) is 0.286. The van der Waals surface area contributed by atoms with Gasteiger partial charge in [0.2, 0.25) is 0 Å². The van der Waals surface area contributed by atoms with Gasteiger partial charge in [-0.1, -0.05) is 60.7 Å². The van der Waals surface area contributed by atoms with Gasteiger partial charge in [0.15, 0.2) is 0 Å². The lowest BCUT2D eigenvalue weighted by molar-refractivity contribution is -0.144. The van der Waals surface area contributed by atoms with Crippen molar-refractivity contribution in [1.82, 2.24) is 4.90 Å². The Labute approximate surface area is 149 Å². The van der Waals surface area contributed by atoms with Gasteiger partial charge in [0.25, 0.3) is 0 Å². The molecule has 2 rings (SSSR count). The molecule has 0 aliphatic rings. The summed E-state index contributed by atoms with van der Waals surface area (Å²) in [4.78, 5) is 13.9. The maximum Gasteiger partial charge on any atom is 0.320 e. The van der Waals surface area contributed by atoms with Crippen molar-refractivity contribution in [3.8, 4) is 5.75 Å². The van der Waals surface area contributed by atoms with E-state index in [0.29, 0.717) is 19.7 Å². The smallest absolute Gasteiger partial charge is 0.320 e. The molecule has 0 saturated carbocycles. The normalized spacial score (nSPS) is 11.0. The van der Waals surface area contributed by atoms with Crippen LogP contribution in [0.15, 0.2) is 60.7 Å². The molecule has 2 aromatic rings. The van der Waals surface area contributed by atoms with Crippen LogP contribution in [0.5, 0.6) is 5.75 Å². The van der Waals surface area contributed by atoms with Crippen molar-refractivity contribution in [3.63, 3.8) is 0 Å². The molecule has 0 heterocycles. The van der Waals surface area contributed by atoms with E-state index < -0.39 is 0 Å². The second-order valence-corrected chi connectivity index (χ2v) is 5.60. The first-order valence-corrected chi connectivity index (χ1v) is 8.44. The number of para-hydroxylation sites is 1. The highest BCUT2D eigenvalue weighted by atomic mass is 16.5. The molecule has 0 bridgehead atoms. The van der Waals surface area contributed by atoms with Crippen molar-refractivity contribution in [2.45, 2.75) is 13.5 Å². The molecule has 132 valence electrons. The van der Waals surface area contributed by atoms with Crippen LogP contribution in [0.4, 0.5) is 0 Å². The number of methoxy groups -OCH3 is 1. The Morgan fingerprint density at radius 2 is 1.80 bits per heavy atom. The van der Waals surface area contributed by atoms with Crippen molar-refractivity contribution in [3.05, 3.63) is 71.8 Å². The predicted octanol–water partition coefficient (Wildman–Crippen LogP) is 3.77. The van der Waals surface area contributed by atoms with Gasteiger partial charge in [-0.05, 0) is 18.6 Å². The van der Waals surface area contributed by atoms with Crippen LogP contribution < -0.4 is 4.74 Å². The van der Waals surface area contributed by atoms with Gasteiger partial charge in [-0.3, -0.25) is 9.69 Å². The zero-order valence-electron chi connectivity index (χ0n) is 14.9. The molecule has 0 aliphatic carbocycles. The Balaban J connectivity index is 2.04. The van der Waals surface area contributed by atoms with Crippen LogP contribution in [0, 0.1) is 0 Å². The molecule has 4 heteroatoms. The molecule has 4 nitrogen and oxygen atoms in total. The molecule has 0 amide bonds. The molecule has 0 spiro atoms. The Hall–Kier alpha value is -2.59. The Morgan fingerprint density at radius 1 is 1.08 bits per heavy atom. The van der Waals surface area contributed by atoms with Gasteiger partial charge in [0.05, 0.1) is 20.3 Å². The van der Waals surface area contributed by atoms with Crippen molar-refractivity contribution >= 4 is 12.0 Å². The van der Waals surface area contributed by atoms with E-state index in [0.717, 1.165) is 16.9 Å². The minimum atomic E-state index is -0.205. The topological polar surface area (TPSA) is 38.8 Å². The summed E-state index contributed by atoms with van der Waals surface area (Å²) in [5.74, 6) is 0.628. The van der Waals surface area contributed by atoms with Crippen molar-refractivity contribution < 1.29 is 14.3 Å². The maximum absolute atomic E-state index is 11.9. The summed E-state index contributed by atoms with van der Waals surface area (Å²) < 4.78 is 10.4. The van der Waals surface area contributed by atoms with Gasteiger partial charge in [0.1, 0.15) is 5.75 Å². The molecule has 2 aromatic carbocycles. The highest BCUT2D eigenvalue weighted by Crippen LogP contribution is 2.18. The predicted molar refractivity (Wildman–Crippen MR) is 100 cm³/mol. The van der Waals surface area contributed by atoms with Gasteiger partial charge in [0, 0.05) is 18.7 Å². The average molecular weight is 339 g/mol. The van der Waals surface area contributed by atoms with E-state index >= 15 is 0 Å². The van der Waals surface area contributed by atoms with E-state index in [-0.39, 0.29) is 12.5 Å². The van der Waals surface area contributed by atoms with E-state index in [1.807, 2.05) is 61.5 Å². The number of rotatable bonds is 9. The standard InChI is InChI=1S/C21H25NO3/c1-3-25-21(23)17-22(16-18-10-5-4-6-11-18)15-9-13-19-12-7-8-14-20(19)24-2/h4-14H,3,15-17H2,1-2H3/b13-9+. The summed E-state index contributed by atoms with van der Waals surface area (Å²) in [6.45, 7) is 3.82. The third kappa shape index (κ3) is 6.43. The zero-order chi connectivity index (χ0) is 17.9. The number of nitrogens with zero attached hydrogens (tertiary/aromatic N) is 1. The van der Waals surface area contributed by atoms with Gasteiger partial charge >= 0.3 is 5.97 Å². The van der Waals surface area contributed by atoms with Gasteiger partial charge in [-0.2, -0.15) is 0 Å². The number of benzene rings is 2. The number of ether oxygens (including phenoxy) is 2. The van der Waals surface area contributed by atoms with Crippen molar-refractivity contribution in [2.75, 3.05) is 26.8 Å². The van der Waals surface area contributed by atoms with E-state index in [4.69, 9.17) is 9.47 Å². The first-order chi connectivity index (χ1) is 12.2. The summed E-state index contributed by atoms with van der Waals surface area (Å²) in [6.07, 6.45) is 4.06. The minimum absolute atomic E-state index is 0.205. The summed E-state index contributed by atoms with van der Waals surface area (Å²) in [6, 6.07) is 18.0. The minimum Gasteiger partial charge on any atom is -0.496 e. The lowest BCUT2D eigenvalue weighted by Crippen LogP contribution is -2.30. The first kappa shape index (κ1) is 18.7. The summed E-state index contributed by atoms with van der Waals surface area (Å²) in [5.41, 5.74) is 2.18. The molecule has 0 saturated heterocycles. The molecule has 25 heavy (non-hydrogen) atoms. The molecule has 0 aromatic heterocycles. The maximum atomic E-state index is 11.9. The first-order valence-electron chi connectivity index (χ1n) is 8.44. The Bertz CT molecular complexity index is 683. The molecule has 0 fully saturated rings. The van der Waals surface area contributed by atoms with Gasteiger partial charge in [-0.15, -0.1) is 0 Å². The van der Waals surface area contributed by atoms with Crippen LogP contribution in [0.25, 0.3) is 6.08 Å². The summed E-state index contributed by atoms with van der Waals surface area (Å²) >= 11 is 0. The monoisotopic (exact) mass is 339 g/mol.